The molecule has 1 N–H and O–H groups in total. The molecule has 1 aliphatic carbocycles. The zero-order chi connectivity index (χ0) is 14.7. The number of hydrogen-bond donors (Lipinski definition) is 1. The van der Waals surface area contributed by atoms with Crippen LogP contribution in [0.3, 0.4) is 0 Å². The van der Waals surface area contributed by atoms with E-state index in [4.69, 9.17) is 4.74 Å². The highest BCUT2D eigenvalue weighted by Gasteiger charge is 2.35. The van der Waals surface area contributed by atoms with E-state index in [0.717, 1.165) is 32.3 Å². The second kappa shape index (κ2) is 6.37. The minimum atomic E-state index is 0.359. The van der Waals surface area contributed by atoms with Crippen LogP contribution in [-0.4, -0.2) is 39.4 Å². The third-order valence-electron chi connectivity index (χ3n) is 5.00. The van der Waals surface area contributed by atoms with Gasteiger partial charge in [-0.05, 0) is 44.2 Å². The number of rotatable bonds is 6. The number of nitrogens with zero attached hydrogens (tertiary/aromatic N) is 1. The van der Waals surface area contributed by atoms with Gasteiger partial charge in [-0.15, -0.1) is 0 Å². The normalized spacial score (nSPS) is 21.2. The van der Waals surface area contributed by atoms with Gasteiger partial charge in [-0.1, -0.05) is 18.2 Å². The number of benzene rings is 1. The molecule has 3 rings (SSSR count). The lowest BCUT2D eigenvalue weighted by atomic mass is 9.79. The topological polar surface area (TPSA) is 24.5 Å². The van der Waals surface area contributed by atoms with E-state index in [0.29, 0.717) is 5.41 Å². The van der Waals surface area contributed by atoms with Crippen molar-refractivity contribution in [3.8, 4) is 0 Å². The SMILES string of the molecule is Cc1ccccc1N(C)CC1(CNC2CC2)CCOCC1. The summed E-state index contributed by atoms with van der Waals surface area (Å²) in [6, 6.07) is 9.47. The molecule has 0 aromatic heterocycles. The highest BCUT2D eigenvalue weighted by molar-refractivity contribution is 5.52. The Balaban J connectivity index is 1.69. The van der Waals surface area contributed by atoms with Crippen LogP contribution in [0.1, 0.15) is 31.2 Å². The third kappa shape index (κ3) is 3.78. The molecule has 3 heteroatoms. The van der Waals surface area contributed by atoms with Gasteiger partial charge in [-0.3, -0.25) is 0 Å². The molecule has 0 unspecified atom stereocenters. The molecule has 3 nitrogen and oxygen atoms in total. The van der Waals surface area contributed by atoms with Crippen molar-refractivity contribution >= 4 is 5.69 Å². The van der Waals surface area contributed by atoms with E-state index in [1.807, 2.05) is 0 Å². The van der Waals surface area contributed by atoms with Gasteiger partial charge in [0.25, 0.3) is 0 Å². The van der Waals surface area contributed by atoms with Gasteiger partial charge < -0.3 is 15.0 Å². The van der Waals surface area contributed by atoms with E-state index in [1.54, 1.807) is 0 Å². The summed E-state index contributed by atoms with van der Waals surface area (Å²) in [5.74, 6) is 0. The van der Waals surface area contributed by atoms with Crippen molar-refractivity contribution in [2.75, 3.05) is 38.3 Å². The van der Waals surface area contributed by atoms with E-state index in [1.165, 1.54) is 36.9 Å². The van der Waals surface area contributed by atoms with E-state index in [2.05, 4.69) is 48.5 Å². The second-order valence-corrected chi connectivity index (χ2v) is 6.91. The van der Waals surface area contributed by atoms with Crippen LogP contribution in [0.2, 0.25) is 0 Å². The maximum absolute atomic E-state index is 5.61. The molecule has 2 aliphatic rings. The fourth-order valence-corrected chi connectivity index (χ4v) is 3.42. The van der Waals surface area contributed by atoms with Gasteiger partial charge in [0.1, 0.15) is 0 Å². The van der Waals surface area contributed by atoms with Crippen LogP contribution >= 0.6 is 0 Å². The van der Waals surface area contributed by atoms with Crippen molar-refractivity contribution in [1.29, 1.82) is 0 Å². The maximum Gasteiger partial charge on any atom is 0.0472 e. The van der Waals surface area contributed by atoms with Gasteiger partial charge in [0.2, 0.25) is 0 Å². The molecule has 0 spiro atoms. The molecule has 21 heavy (non-hydrogen) atoms. The summed E-state index contributed by atoms with van der Waals surface area (Å²) in [4.78, 5) is 2.44. The standard InChI is InChI=1S/C18H28N2O/c1-15-5-3-4-6-17(15)20(2)14-18(9-11-21-12-10-18)13-19-16-7-8-16/h3-6,16,19H,7-14H2,1-2H3. The van der Waals surface area contributed by atoms with Crippen LogP contribution in [0.4, 0.5) is 5.69 Å². The Bertz CT molecular complexity index is 464. The van der Waals surface area contributed by atoms with Gasteiger partial charge in [-0.2, -0.15) is 0 Å². The summed E-state index contributed by atoms with van der Waals surface area (Å²) in [7, 11) is 2.23. The highest BCUT2D eigenvalue weighted by atomic mass is 16.5. The number of para-hydroxylation sites is 1. The first-order valence-electron chi connectivity index (χ1n) is 8.26. The van der Waals surface area contributed by atoms with Crippen molar-refractivity contribution < 1.29 is 4.74 Å². The lowest BCUT2D eigenvalue weighted by molar-refractivity contribution is 0.0186. The number of ether oxygens (including phenoxy) is 1. The molecular weight excluding hydrogens is 260 g/mol. The Morgan fingerprint density at radius 3 is 2.62 bits per heavy atom. The van der Waals surface area contributed by atoms with Crippen LogP contribution < -0.4 is 10.2 Å². The van der Waals surface area contributed by atoms with E-state index in [-0.39, 0.29) is 0 Å². The van der Waals surface area contributed by atoms with Crippen LogP contribution in [0.5, 0.6) is 0 Å². The summed E-state index contributed by atoms with van der Waals surface area (Å²) in [6.45, 7) is 6.27. The molecule has 1 aromatic rings. The smallest absolute Gasteiger partial charge is 0.0472 e. The molecule has 2 fully saturated rings. The van der Waals surface area contributed by atoms with E-state index in [9.17, 15) is 0 Å². The molecule has 1 heterocycles. The highest BCUT2D eigenvalue weighted by Crippen LogP contribution is 2.34. The zero-order valence-corrected chi connectivity index (χ0v) is 13.4. The van der Waals surface area contributed by atoms with Gasteiger partial charge >= 0.3 is 0 Å². The first kappa shape index (κ1) is 14.9. The predicted molar refractivity (Wildman–Crippen MR) is 88.0 cm³/mol. The Hall–Kier alpha value is -1.06. The van der Waals surface area contributed by atoms with Gasteiger partial charge in [0.15, 0.2) is 0 Å². The third-order valence-corrected chi connectivity index (χ3v) is 5.00. The lowest BCUT2D eigenvalue weighted by Gasteiger charge is -2.41. The maximum atomic E-state index is 5.61. The van der Waals surface area contributed by atoms with Gasteiger partial charge in [-0.25, -0.2) is 0 Å². The molecule has 0 atom stereocenters. The largest absolute Gasteiger partial charge is 0.381 e. The van der Waals surface area contributed by atoms with E-state index < -0.39 is 0 Å². The summed E-state index contributed by atoms with van der Waals surface area (Å²) >= 11 is 0. The van der Waals surface area contributed by atoms with Crippen molar-refractivity contribution in [3.63, 3.8) is 0 Å². The lowest BCUT2D eigenvalue weighted by Crippen LogP contribution is -2.47. The first-order valence-corrected chi connectivity index (χ1v) is 8.26. The quantitative estimate of drug-likeness (QED) is 0.871. The number of anilines is 1. The van der Waals surface area contributed by atoms with Gasteiger partial charge in [0, 0.05) is 50.5 Å². The van der Waals surface area contributed by atoms with Crippen LogP contribution in [0, 0.1) is 12.3 Å². The molecule has 0 amide bonds. The van der Waals surface area contributed by atoms with Crippen LogP contribution in [0.25, 0.3) is 0 Å². The number of nitrogens with one attached hydrogen (secondary N) is 1. The van der Waals surface area contributed by atoms with Gasteiger partial charge in [0.05, 0.1) is 0 Å². The Morgan fingerprint density at radius 1 is 1.24 bits per heavy atom. The Kier molecular flexibility index (Phi) is 4.51. The molecule has 0 radical (unpaired) electrons. The van der Waals surface area contributed by atoms with Crippen LogP contribution in [0.15, 0.2) is 24.3 Å². The molecule has 116 valence electrons. The molecular formula is C18H28N2O. The zero-order valence-electron chi connectivity index (χ0n) is 13.4. The first-order chi connectivity index (χ1) is 10.2. The fraction of sp³-hybridized carbons (Fsp3) is 0.667. The predicted octanol–water partition coefficient (Wildman–Crippen LogP) is 2.98. The summed E-state index contributed by atoms with van der Waals surface area (Å²) < 4.78 is 5.61. The Morgan fingerprint density at radius 2 is 1.95 bits per heavy atom. The van der Waals surface area contributed by atoms with Crippen LogP contribution in [-0.2, 0) is 4.74 Å². The van der Waals surface area contributed by atoms with Crippen molar-refractivity contribution in [2.45, 2.75) is 38.6 Å². The molecule has 1 saturated heterocycles. The summed E-state index contributed by atoms with van der Waals surface area (Å²) in [6.07, 6.45) is 5.06. The molecule has 0 bridgehead atoms. The average molecular weight is 288 g/mol. The monoisotopic (exact) mass is 288 g/mol. The number of hydrogen-bond acceptors (Lipinski definition) is 3. The second-order valence-electron chi connectivity index (χ2n) is 6.91. The minimum absolute atomic E-state index is 0.359. The molecule has 1 aromatic carbocycles. The Labute approximate surface area is 128 Å². The van der Waals surface area contributed by atoms with Crippen molar-refractivity contribution in [1.82, 2.24) is 5.32 Å². The summed E-state index contributed by atoms with van der Waals surface area (Å²) in [5.41, 5.74) is 3.07. The molecule has 1 aliphatic heterocycles. The average Bonchev–Trinajstić information content (AvgIpc) is 3.31. The summed E-state index contributed by atoms with van der Waals surface area (Å²) in [5, 5.41) is 3.76. The minimum Gasteiger partial charge on any atom is -0.381 e. The van der Waals surface area contributed by atoms with Crippen molar-refractivity contribution in [2.24, 2.45) is 5.41 Å². The fourth-order valence-electron chi connectivity index (χ4n) is 3.42. The number of aryl methyl sites for hydroxylation is 1. The molecule has 1 saturated carbocycles. The van der Waals surface area contributed by atoms with E-state index >= 15 is 0 Å². The van der Waals surface area contributed by atoms with Crippen molar-refractivity contribution in [3.05, 3.63) is 29.8 Å².